The lowest BCUT2D eigenvalue weighted by molar-refractivity contribution is -0.137. The van der Waals surface area contributed by atoms with Crippen LogP contribution in [0.5, 0.6) is 0 Å². The summed E-state index contributed by atoms with van der Waals surface area (Å²) in [5.41, 5.74) is 4.91. The van der Waals surface area contributed by atoms with E-state index in [9.17, 15) is 23.2 Å². The summed E-state index contributed by atoms with van der Waals surface area (Å²) in [4.78, 5) is 20.4. The van der Waals surface area contributed by atoms with Gasteiger partial charge in [0.15, 0.2) is 11.6 Å². The predicted molar refractivity (Wildman–Crippen MR) is 101 cm³/mol. The summed E-state index contributed by atoms with van der Waals surface area (Å²) in [5.74, 6) is -0.435. The van der Waals surface area contributed by atoms with Crippen LogP contribution in [0.4, 0.5) is 24.9 Å². The number of nitrogens with one attached hydrogen (secondary N) is 1. The Hall–Kier alpha value is -2.51. The number of Topliss-reactive ketones (excluding diaryl/α,β-unsaturated/α-hetero) is 1. The molecule has 2 rings (SSSR count). The molecule has 28 heavy (non-hydrogen) atoms. The van der Waals surface area contributed by atoms with E-state index in [1.165, 1.54) is 18.7 Å². The number of aromatic nitrogens is 2. The second-order valence-corrected chi connectivity index (χ2v) is 6.94. The lowest BCUT2D eigenvalue weighted by Crippen LogP contribution is -2.29. The number of carbonyl (C=O) groups is 1. The fraction of sp³-hybridized carbons (Fsp3) is 0.294. The van der Waals surface area contributed by atoms with Gasteiger partial charge in [0.1, 0.15) is 16.7 Å². The highest BCUT2D eigenvalue weighted by atomic mass is 35.5. The highest BCUT2D eigenvalue weighted by molar-refractivity contribution is 7.98. The van der Waals surface area contributed by atoms with Crippen molar-refractivity contribution in [3.05, 3.63) is 39.9 Å². The number of rotatable bonds is 6. The molecule has 1 heterocycles. The number of halogens is 4. The third-order valence-electron chi connectivity index (χ3n) is 3.77. The lowest BCUT2D eigenvalue weighted by Gasteiger charge is -2.16. The van der Waals surface area contributed by atoms with Crippen LogP contribution in [-0.2, 0) is 17.4 Å². The lowest BCUT2D eigenvalue weighted by atomic mass is 10.0. The van der Waals surface area contributed by atoms with Crippen molar-refractivity contribution >= 4 is 40.9 Å². The molecule has 0 bridgehead atoms. The third kappa shape index (κ3) is 5.05. The monoisotopic (exact) mass is 429 g/mol. The van der Waals surface area contributed by atoms with Crippen LogP contribution >= 0.6 is 23.4 Å². The minimum absolute atomic E-state index is 0.0576. The smallest absolute Gasteiger partial charge is 0.368 e. The van der Waals surface area contributed by atoms with Gasteiger partial charge in [0.25, 0.3) is 0 Å². The van der Waals surface area contributed by atoms with Gasteiger partial charge in [-0.3, -0.25) is 4.79 Å². The summed E-state index contributed by atoms with van der Waals surface area (Å²) in [6.45, 7) is 1.50. The zero-order valence-electron chi connectivity index (χ0n) is 14.8. The molecule has 0 amide bonds. The molecule has 1 aromatic heterocycles. The van der Waals surface area contributed by atoms with Crippen molar-refractivity contribution in [3.8, 4) is 6.07 Å². The summed E-state index contributed by atoms with van der Waals surface area (Å²) < 4.78 is 38.6. The van der Waals surface area contributed by atoms with Gasteiger partial charge in [-0.15, -0.1) is 11.8 Å². The molecule has 0 aliphatic heterocycles. The molecule has 0 fully saturated rings. The number of anilines is 2. The van der Waals surface area contributed by atoms with E-state index in [2.05, 4.69) is 15.3 Å². The molecule has 0 saturated heterocycles. The standard InChI is InChI=1S/C17H15ClF3N5OS/c1-8(24-14-11(7-22)15(28-2)26-16(23)25-14)13(27)6-9-5-10(17(19,20)21)3-4-12(9)18/h3-5,8H,6H2,1-2H3,(H3,23,24,25,26)/t8-/m0/s1. The summed E-state index contributed by atoms with van der Waals surface area (Å²) >= 11 is 7.13. The maximum absolute atomic E-state index is 12.9. The fourth-order valence-corrected chi connectivity index (χ4v) is 3.04. The van der Waals surface area contributed by atoms with Gasteiger partial charge < -0.3 is 11.1 Å². The number of nitrogens with two attached hydrogens (primary N) is 1. The van der Waals surface area contributed by atoms with Gasteiger partial charge in [-0.25, -0.2) is 4.98 Å². The Balaban J connectivity index is 2.24. The van der Waals surface area contributed by atoms with Gasteiger partial charge >= 0.3 is 6.18 Å². The Morgan fingerprint density at radius 3 is 2.68 bits per heavy atom. The second-order valence-electron chi connectivity index (χ2n) is 5.74. The number of nitriles is 1. The zero-order chi connectivity index (χ0) is 21.1. The van der Waals surface area contributed by atoms with E-state index in [0.717, 1.165) is 18.2 Å². The predicted octanol–water partition coefficient (Wildman–Crippen LogP) is 3.94. The number of carbonyl (C=O) groups excluding carboxylic acids is 1. The molecule has 11 heteroatoms. The van der Waals surface area contributed by atoms with Crippen molar-refractivity contribution < 1.29 is 18.0 Å². The average Bonchev–Trinajstić information content (AvgIpc) is 2.61. The van der Waals surface area contributed by atoms with Crippen molar-refractivity contribution in [1.29, 1.82) is 5.26 Å². The van der Waals surface area contributed by atoms with Crippen LogP contribution in [0.3, 0.4) is 0 Å². The topological polar surface area (TPSA) is 105 Å². The van der Waals surface area contributed by atoms with E-state index in [1.54, 1.807) is 6.26 Å². The number of thioether (sulfide) groups is 1. The molecule has 1 aromatic carbocycles. The highest BCUT2D eigenvalue weighted by Gasteiger charge is 2.31. The van der Waals surface area contributed by atoms with Crippen LogP contribution in [0, 0.1) is 11.3 Å². The first kappa shape index (κ1) is 21.8. The number of nitrogens with zero attached hydrogens (tertiary/aromatic N) is 3. The van der Waals surface area contributed by atoms with Crippen LogP contribution in [-0.4, -0.2) is 28.0 Å². The molecule has 0 radical (unpaired) electrons. The third-order valence-corrected chi connectivity index (χ3v) is 4.82. The Morgan fingerprint density at radius 1 is 1.43 bits per heavy atom. The molecular weight excluding hydrogens is 415 g/mol. The molecule has 148 valence electrons. The van der Waals surface area contributed by atoms with Crippen molar-refractivity contribution in [1.82, 2.24) is 9.97 Å². The van der Waals surface area contributed by atoms with Crippen LogP contribution in [0.15, 0.2) is 23.2 Å². The Morgan fingerprint density at radius 2 is 2.11 bits per heavy atom. The summed E-state index contributed by atoms with van der Waals surface area (Å²) in [6, 6.07) is 3.90. The molecule has 0 saturated carbocycles. The molecule has 0 aliphatic rings. The molecule has 0 unspecified atom stereocenters. The summed E-state index contributed by atoms with van der Waals surface area (Å²) in [6.07, 6.45) is -3.16. The maximum atomic E-state index is 12.9. The summed E-state index contributed by atoms with van der Waals surface area (Å²) in [7, 11) is 0. The average molecular weight is 430 g/mol. The van der Waals surface area contributed by atoms with E-state index < -0.39 is 23.6 Å². The van der Waals surface area contributed by atoms with Crippen molar-refractivity contribution in [2.24, 2.45) is 0 Å². The Labute approximate surface area is 168 Å². The maximum Gasteiger partial charge on any atom is 0.416 e. The number of hydrogen-bond acceptors (Lipinski definition) is 7. The molecule has 0 spiro atoms. The molecule has 0 aliphatic carbocycles. The fourth-order valence-electron chi connectivity index (χ4n) is 2.32. The van der Waals surface area contributed by atoms with E-state index in [4.69, 9.17) is 17.3 Å². The van der Waals surface area contributed by atoms with Crippen LogP contribution in [0.25, 0.3) is 0 Å². The van der Waals surface area contributed by atoms with Crippen molar-refractivity contribution in [2.75, 3.05) is 17.3 Å². The van der Waals surface area contributed by atoms with Gasteiger partial charge in [-0.1, -0.05) is 11.6 Å². The van der Waals surface area contributed by atoms with Gasteiger partial charge in [0.2, 0.25) is 5.95 Å². The molecule has 3 N–H and O–H groups in total. The number of alkyl halides is 3. The quantitative estimate of drug-likeness (QED) is 0.529. The number of ketones is 1. The van der Waals surface area contributed by atoms with Crippen LogP contribution < -0.4 is 11.1 Å². The minimum Gasteiger partial charge on any atom is -0.368 e. The van der Waals surface area contributed by atoms with E-state index in [1.807, 2.05) is 6.07 Å². The van der Waals surface area contributed by atoms with E-state index >= 15 is 0 Å². The zero-order valence-corrected chi connectivity index (χ0v) is 16.3. The second kappa shape index (κ2) is 8.67. The van der Waals surface area contributed by atoms with Crippen molar-refractivity contribution in [3.63, 3.8) is 0 Å². The minimum atomic E-state index is -4.54. The number of benzene rings is 1. The molecule has 6 nitrogen and oxygen atoms in total. The number of nitrogen functional groups attached to an aromatic ring is 1. The van der Waals surface area contributed by atoms with Crippen LogP contribution in [0.2, 0.25) is 5.02 Å². The van der Waals surface area contributed by atoms with Gasteiger partial charge in [0, 0.05) is 11.4 Å². The van der Waals surface area contributed by atoms with E-state index in [0.29, 0.717) is 5.03 Å². The molecule has 1 atom stereocenters. The van der Waals surface area contributed by atoms with Gasteiger partial charge in [-0.05, 0) is 36.9 Å². The first-order valence-corrected chi connectivity index (χ1v) is 9.43. The Bertz CT molecular complexity index is 946. The first-order chi connectivity index (χ1) is 13.1. The van der Waals surface area contributed by atoms with Crippen LogP contribution in [0.1, 0.15) is 23.6 Å². The summed E-state index contributed by atoms with van der Waals surface area (Å²) in [5, 5.41) is 12.5. The molecular formula is C17H15ClF3N5OS. The Kier molecular flexibility index (Phi) is 6.74. The SMILES string of the molecule is CSc1nc(N)nc(N[C@@H](C)C(=O)Cc2cc(C(F)(F)F)ccc2Cl)c1C#N. The first-order valence-electron chi connectivity index (χ1n) is 7.83. The largest absolute Gasteiger partial charge is 0.416 e. The normalized spacial score (nSPS) is 12.3. The molecule has 2 aromatic rings. The van der Waals surface area contributed by atoms with Gasteiger partial charge in [-0.2, -0.15) is 23.4 Å². The van der Waals surface area contributed by atoms with Gasteiger partial charge in [0.05, 0.1) is 11.6 Å². The number of hydrogen-bond donors (Lipinski definition) is 2. The van der Waals surface area contributed by atoms with Crippen molar-refractivity contribution in [2.45, 2.75) is 30.6 Å². The van der Waals surface area contributed by atoms with E-state index in [-0.39, 0.29) is 34.3 Å². The highest BCUT2D eigenvalue weighted by Crippen LogP contribution is 2.32.